The number of benzene rings is 2. The molecule has 0 radical (unpaired) electrons. The summed E-state index contributed by atoms with van der Waals surface area (Å²) >= 11 is 5.95. The van der Waals surface area contributed by atoms with Crippen molar-refractivity contribution in [2.24, 2.45) is 5.73 Å². The lowest BCUT2D eigenvalue weighted by Gasteiger charge is -2.19. The largest absolute Gasteiger partial charge is 0.488 e. The Balaban J connectivity index is 1.62. The van der Waals surface area contributed by atoms with Crippen molar-refractivity contribution in [3.8, 4) is 5.75 Å². The van der Waals surface area contributed by atoms with E-state index in [1.807, 2.05) is 0 Å². The van der Waals surface area contributed by atoms with E-state index in [0.29, 0.717) is 27.6 Å². The third-order valence-electron chi connectivity index (χ3n) is 4.04. The van der Waals surface area contributed by atoms with Crippen LogP contribution < -0.4 is 15.8 Å². The smallest absolute Gasteiger partial charge is 0.338 e. The van der Waals surface area contributed by atoms with Gasteiger partial charge >= 0.3 is 5.97 Å². The van der Waals surface area contributed by atoms with Crippen LogP contribution in [0.25, 0.3) is 6.08 Å². The minimum atomic E-state index is -1.04. The Morgan fingerprint density at radius 2 is 1.89 bits per heavy atom. The maximum absolute atomic E-state index is 12.3. The molecular weight excluding hydrogens is 384 g/mol. The summed E-state index contributed by atoms with van der Waals surface area (Å²) in [5, 5.41) is 3.12. The van der Waals surface area contributed by atoms with Crippen molar-refractivity contribution < 1.29 is 23.9 Å². The van der Waals surface area contributed by atoms with E-state index < -0.39 is 23.9 Å². The van der Waals surface area contributed by atoms with E-state index in [4.69, 9.17) is 26.8 Å². The van der Waals surface area contributed by atoms with Gasteiger partial charge in [0.1, 0.15) is 12.4 Å². The van der Waals surface area contributed by atoms with Crippen molar-refractivity contribution in [3.05, 3.63) is 64.2 Å². The summed E-state index contributed by atoms with van der Waals surface area (Å²) in [6.45, 7) is 1.50. The average molecular weight is 401 g/mol. The third-order valence-corrected chi connectivity index (χ3v) is 4.27. The predicted molar refractivity (Wildman–Crippen MR) is 104 cm³/mol. The summed E-state index contributed by atoms with van der Waals surface area (Å²) in [5.74, 6) is -1.12. The van der Waals surface area contributed by atoms with E-state index >= 15 is 0 Å². The van der Waals surface area contributed by atoms with Crippen LogP contribution in [0.5, 0.6) is 5.75 Å². The first kappa shape index (κ1) is 19.4. The molecule has 0 fully saturated rings. The second-order valence-corrected chi connectivity index (χ2v) is 6.56. The normalized spacial score (nSPS) is 13.4. The lowest BCUT2D eigenvalue weighted by molar-refractivity contribution is -0.149. The van der Waals surface area contributed by atoms with Crippen LogP contribution in [-0.2, 0) is 14.3 Å². The fourth-order valence-corrected chi connectivity index (χ4v) is 2.70. The van der Waals surface area contributed by atoms with Gasteiger partial charge in [-0.2, -0.15) is 0 Å². The van der Waals surface area contributed by atoms with Gasteiger partial charge in [-0.3, -0.25) is 9.59 Å². The van der Waals surface area contributed by atoms with Gasteiger partial charge in [-0.15, -0.1) is 0 Å². The van der Waals surface area contributed by atoms with Crippen molar-refractivity contribution in [1.82, 2.24) is 0 Å². The minimum absolute atomic E-state index is 0.0381. The molecule has 0 spiro atoms. The monoisotopic (exact) mass is 400 g/mol. The van der Waals surface area contributed by atoms with Gasteiger partial charge in [-0.25, -0.2) is 4.79 Å². The molecule has 1 unspecified atom stereocenters. The molecular formula is C20H17ClN2O5. The fourth-order valence-electron chi connectivity index (χ4n) is 2.52. The highest BCUT2D eigenvalue weighted by Gasteiger charge is 2.23. The van der Waals surface area contributed by atoms with Crippen LogP contribution in [-0.4, -0.2) is 30.5 Å². The van der Waals surface area contributed by atoms with Gasteiger partial charge in [0.2, 0.25) is 5.91 Å². The Kier molecular flexibility index (Phi) is 5.65. The second kappa shape index (κ2) is 8.14. The van der Waals surface area contributed by atoms with Crippen molar-refractivity contribution >= 4 is 41.1 Å². The molecule has 0 saturated heterocycles. The summed E-state index contributed by atoms with van der Waals surface area (Å²) in [6.07, 6.45) is 0.588. The van der Waals surface area contributed by atoms with E-state index in [2.05, 4.69) is 5.32 Å². The maximum atomic E-state index is 12.3. The Hall–Kier alpha value is -3.32. The number of fused-ring (bicyclic) bond motifs is 1. The lowest BCUT2D eigenvalue weighted by atomic mass is 10.1. The number of anilines is 1. The van der Waals surface area contributed by atoms with Gasteiger partial charge in [-0.1, -0.05) is 11.6 Å². The Bertz CT molecular complexity index is 969. The van der Waals surface area contributed by atoms with E-state index in [1.54, 1.807) is 24.3 Å². The number of halogens is 1. The standard InChI is InChI=1S/C20H17ClN2O5/c1-11(19(25)23-16-5-2-12(3-6-16)18(22)24)28-20(26)14-8-13-9-15(21)4-7-17(13)27-10-14/h2-9,11H,10H2,1H3,(H2,22,24)(H,23,25). The molecule has 0 saturated carbocycles. The van der Waals surface area contributed by atoms with Crippen molar-refractivity contribution in [2.75, 3.05) is 11.9 Å². The van der Waals surface area contributed by atoms with Crippen molar-refractivity contribution in [1.29, 1.82) is 0 Å². The first-order chi connectivity index (χ1) is 13.3. The van der Waals surface area contributed by atoms with Crippen LogP contribution in [0.1, 0.15) is 22.8 Å². The number of esters is 1. The number of primary amides is 1. The van der Waals surface area contributed by atoms with Crippen LogP contribution >= 0.6 is 11.6 Å². The molecule has 1 atom stereocenters. The zero-order valence-electron chi connectivity index (χ0n) is 14.9. The summed E-state index contributed by atoms with van der Waals surface area (Å²) in [4.78, 5) is 35.7. The number of nitrogens with one attached hydrogen (secondary N) is 1. The van der Waals surface area contributed by atoms with Crippen LogP contribution in [0.2, 0.25) is 5.02 Å². The number of carbonyl (C=O) groups excluding carboxylic acids is 3. The molecule has 1 aliphatic heterocycles. The topological polar surface area (TPSA) is 108 Å². The number of ether oxygens (including phenoxy) is 2. The van der Waals surface area contributed by atoms with E-state index in [-0.39, 0.29) is 12.2 Å². The lowest BCUT2D eigenvalue weighted by Crippen LogP contribution is -2.31. The summed E-state index contributed by atoms with van der Waals surface area (Å²) in [7, 11) is 0. The number of hydrogen-bond acceptors (Lipinski definition) is 5. The Morgan fingerprint density at radius 1 is 1.18 bits per heavy atom. The molecule has 3 rings (SSSR count). The van der Waals surface area contributed by atoms with Crippen LogP contribution in [0, 0.1) is 0 Å². The molecule has 0 aromatic heterocycles. The number of amides is 2. The first-order valence-corrected chi connectivity index (χ1v) is 8.76. The van der Waals surface area contributed by atoms with E-state index in [9.17, 15) is 14.4 Å². The molecule has 8 heteroatoms. The molecule has 2 aromatic rings. The van der Waals surface area contributed by atoms with Crippen LogP contribution in [0.15, 0.2) is 48.0 Å². The molecule has 0 bridgehead atoms. The molecule has 144 valence electrons. The van der Waals surface area contributed by atoms with Crippen molar-refractivity contribution in [2.45, 2.75) is 13.0 Å². The molecule has 1 heterocycles. The fraction of sp³-hybridized carbons (Fsp3) is 0.150. The summed E-state index contributed by atoms with van der Waals surface area (Å²) < 4.78 is 10.7. The van der Waals surface area contributed by atoms with Crippen LogP contribution in [0.4, 0.5) is 5.69 Å². The number of hydrogen-bond donors (Lipinski definition) is 2. The molecule has 3 N–H and O–H groups in total. The van der Waals surface area contributed by atoms with Gasteiger partial charge < -0.3 is 20.5 Å². The minimum Gasteiger partial charge on any atom is -0.488 e. The molecule has 2 aromatic carbocycles. The van der Waals surface area contributed by atoms with Gasteiger partial charge in [0.05, 0.1) is 5.57 Å². The molecule has 0 aliphatic carbocycles. The molecule has 2 amide bonds. The van der Waals surface area contributed by atoms with E-state index in [0.717, 1.165) is 0 Å². The summed E-state index contributed by atoms with van der Waals surface area (Å²) in [6, 6.07) is 11.1. The molecule has 1 aliphatic rings. The predicted octanol–water partition coefficient (Wildman–Crippen LogP) is 2.79. The summed E-state index contributed by atoms with van der Waals surface area (Å²) in [5.41, 5.74) is 6.88. The van der Waals surface area contributed by atoms with Gasteiger partial charge in [0, 0.05) is 21.8 Å². The van der Waals surface area contributed by atoms with Gasteiger partial charge in [-0.05, 0) is 55.5 Å². The number of carbonyl (C=O) groups is 3. The SMILES string of the molecule is CC(OC(=O)C1=Cc2cc(Cl)ccc2OC1)C(=O)Nc1ccc(C(N)=O)cc1. The second-order valence-electron chi connectivity index (χ2n) is 6.12. The number of nitrogens with two attached hydrogens (primary N) is 1. The molecule has 28 heavy (non-hydrogen) atoms. The zero-order chi connectivity index (χ0) is 20.3. The quantitative estimate of drug-likeness (QED) is 0.750. The number of rotatable bonds is 5. The highest BCUT2D eigenvalue weighted by atomic mass is 35.5. The van der Waals surface area contributed by atoms with Gasteiger partial charge in [0.25, 0.3) is 5.91 Å². The Labute approximate surface area is 166 Å². The first-order valence-electron chi connectivity index (χ1n) is 8.38. The highest BCUT2D eigenvalue weighted by molar-refractivity contribution is 6.30. The average Bonchev–Trinajstić information content (AvgIpc) is 2.67. The maximum Gasteiger partial charge on any atom is 0.338 e. The van der Waals surface area contributed by atoms with Gasteiger partial charge in [0.15, 0.2) is 6.10 Å². The highest BCUT2D eigenvalue weighted by Crippen LogP contribution is 2.29. The van der Waals surface area contributed by atoms with Crippen LogP contribution in [0.3, 0.4) is 0 Å². The van der Waals surface area contributed by atoms with Crippen molar-refractivity contribution in [3.63, 3.8) is 0 Å². The third kappa shape index (κ3) is 4.50. The zero-order valence-corrected chi connectivity index (χ0v) is 15.7. The Morgan fingerprint density at radius 3 is 2.57 bits per heavy atom. The molecule has 7 nitrogen and oxygen atoms in total. The van der Waals surface area contributed by atoms with E-state index in [1.165, 1.54) is 31.2 Å².